The van der Waals surface area contributed by atoms with Crippen LogP contribution in [0.25, 0.3) is 0 Å². The van der Waals surface area contributed by atoms with Crippen LogP contribution in [0.15, 0.2) is 36.4 Å². The van der Waals surface area contributed by atoms with Gasteiger partial charge in [0, 0.05) is 6.07 Å². The first-order valence-electron chi connectivity index (χ1n) is 6.83. The molecule has 0 saturated heterocycles. The van der Waals surface area contributed by atoms with Crippen LogP contribution in [-0.4, -0.2) is 32.6 Å². The first-order chi connectivity index (χ1) is 11.4. The number of Topliss-reactive ketones (excluding diaryl/α,β-unsaturated/α-hetero) is 1. The fraction of sp³-hybridized carbons (Fsp3) is 0.176. The molecule has 0 atom stereocenters. The maximum absolute atomic E-state index is 13.1. The van der Waals surface area contributed by atoms with Crippen molar-refractivity contribution in [1.82, 2.24) is 0 Å². The van der Waals surface area contributed by atoms with Gasteiger partial charge in [-0.2, -0.15) is 0 Å². The Bertz CT molecular complexity index is 753. The number of hydrogen-bond acceptors (Lipinski definition) is 5. The van der Waals surface area contributed by atoms with E-state index in [2.05, 4.69) is 0 Å². The third-order valence-electron chi connectivity index (χ3n) is 3.14. The summed E-state index contributed by atoms with van der Waals surface area (Å²) in [7, 11) is 2.83. The van der Waals surface area contributed by atoms with Gasteiger partial charge in [-0.15, -0.1) is 0 Å². The summed E-state index contributed by atoms with van der Waals surface area (Å²) < 4.78 is 41.1. The van der Waals surface area contributed by atoms with Crippen LogP contribution in [0.4, 0.5) is 8.78 Å². The highest BCUT2D eigenvalue weighted by Gasteiger charge is 2.17. The molecule has 0 aliphatic heterocycles. The molecule has 2 aromatic rings. The predicted molar refractivity (Wildman–Crippen MR) is 80.5 cm³/mol. The van der Waals surface area contributed by atoms with Gasteiger partial charge in [-0.05, 0) is 30.3 Å². The minimum Gasteiger partial charge on any atom is -0.497 e. The van der Waals surface area contributed by atoms with Crippen LogP contribution in [0.2, 0.25) is 0 Å². The second-order valence-corrected chi connectivity index (χ2v) is 4.72. The molecular weight excluding hydrogens is 322 g/mol. The number of esters is 1. The maximum Gasteiger partial charge on any atom is 0.338 e. The molecule has 0 radical (unpaired) electrons. The Hall–Kier alpha value is -2.96. The van der Waals surface area contributed by atoms with Crippen molar-refractivity contribution in [2.24, 2.45) is 0 Å². The number of methoxy groups -OCH3 is 2. The van der Waals surface area contributed by atoms with Crippen LogP contribution in [0.5, 0.6) is 11.5 Å². The monoisotopic (exact) mass is 336 g/mol. The standard InChI is InChI=1S/C17H14F2O5/c1-22-13-3-4-16(23-2)14(8-13)15(20)9-24-17(21)10-5-11(18)7-12(19)6-10/h3-8H,9H2,1-2H3. The summed E-state index contributed by atoms with van der Waals surface area (Å²) in [6, 6.07) is 6.86. The average Bonchev–Trinajstić information content (AvgIpc) is 2.57. The minimum atomic E-state index is -1.01. The Morgan fingerprint density at radius 1 is 0.958 bits per heavy atom. The fourth-order valence-electron chi connectivity index (χ4n) is 2.00. The highest BCUT2D eigenvalue weighted by molar-refractivity contribution is 6.01. The second-order valence-electron chi connectivity index (χ2n) is 4.72. The zero-order valence-corrected chi connectivity index (χ0v) is 13.0. The van der Waals surface area contributed by atoms with Crippen molar-refractivity contribution in [3.8, 4) is 11.5 Å². The van der Waals surface area contributed by atoms with E-state index in [0.717, 1.165) is 12.1 Å². The largest absolute Gasteiger partial charge is 0.497 e. The van der Waals surface area contributed by atoms with E-state index in [1.54, 1.807) is 6.07 Å². The number of benzene rings is 2. The molecule has 0 amide bonds. The quantitative estimate of drug-likeness (QED) is 0.599. The summed E-state index contributed by atoms with van der Waals surface area (Å²) in [4.78, 5) is 24.0. The molecule has 0 heterocycles. The van der Waals surface area contributed by atoms with Crippen LogP contribution in [0.3, 0.4) is 0 Å². The van der Waals surface area contributed by atoms with Crippen LogP contribution in [0.1, 0.15) is 20.7 Å². The van der Waals surface area contributed by atoms with Crippen molar-refractivity contribution in [1.29, 1.82) is 0 Å². The van der Waals surface area contributed by atoms with Crippen LogP contribution in [0, 0.1) is 11.6 Å². The van der Waals surface area contributed by atoms with Crippen molar-refractivity contribution in [3.63, 3.8) is 0 Å². The number of rotatable bonds is 6. The van der Waals surface area contributed by atoms with E-state index in [-0.39, 0.29) is 16.9 Å². The van der Waals surface area contributed by atoms with Gasteiger partial charge in [0.15, 0.2) is 6.61 Å². The molecule has 0 saturated carbocycles. The summed E-state index contributed by atoms with van der Waals surface area (Å²) in [5.41, 5.74) is -0.159. The maximum atomic E-state index is 13.1. The summed E-state index contributed by atoms with van der Waals surface area (Å²) in [6.07, 6.45) is 0. The molecule has 2 rings (SSSR count). The highest BCUT2D eigenvalue weighted by Crippen LogP contribution is 2.24. The molecule has 24 heavy (non-hydrogen) atoms. The van der Waals surface area contributed by atoms with Crippen LogP contribution in [-0.2, 0) is 4.74 Å². The number of ketones is 1. The van der Waals surface area contributed by atoms with Gasteiger partial charge in [-0.25, -0.2) is 13.6 Å². The second kappa shape index (κ2) is 7.54. The summed E-state index contributed by atoms with van der Waals surface area (Å²) in [5.74, 6) is -2.67. The third kappa shape index (κ3) is 4.07. The first kappa shape index (κ1) is 17.4. The molecule has 2 aromatic carbocycles. The molecule has 0 fully saturated rings. The summed E-state index contributed by atoms with van der Waals surface area (Å²) in [6.45, 7) is -0.611. The van der Waals surface area contributed by atoms with Gasteiger partial charge < -0.3 is 14.2 Å². The Morgan fingerprint density at radius 3 is 2.21 bits per heavy atom. The number of carbonyl (C=O) groups excluding carboxylic acids is 2. The van der Waals surface area contributed by atoms with Crippen LogP contribution < -0.4 is 9.47 Å². The Morgan fingerprint density at radius 2 is 1.62 bits per heavy atom. The summed E-state index contributed by atoms with van der Waals surface area (Å²) >= 11 is 0. The lowest BCUT2D eigenvalue weighted by Crippen LogP contribution is -2.15. The molecule has 0 unspecified atom stereocenters. The van der Waals surface area contributed by atoms with Gasteiger partial charge in [-0.1, -0.05) is 0 Å². The molecule has 0 bridgehead atoms. The van der Waals surface area contributed by atoms with Crippen LogP contribution >= 0.6 is 0 Å². The van der Waals surface area contributed by atoms with Gasteiger partial charge in [-0.3, -0.25) is 4.79 Å². The van der Waals surface area contributed by atoms with E-state index in [9.17, 15) is 18.4 Å². The van der Waals surface area contributed by atoms with E-state index in [4.69, 9.17) is 14.2 Å². The number of carbonyl (C=O) groups is 2. The molecule has 0 aliphatic rings. The lowest BCUT2D eigenvalue weighted by Gasteiger charge is -2.10. The molecule has 0 N–H and O–H groups in total. The van der Waals surface area contributed by atoms with E-state index in [1.807, 2.05) is 0 Å². The third-order valence-corrected chi connectivity index (χ3v) is 3.14. The molecule has 5 nitrogen and oxygen atoms in total. The van der Waals surface area contributed by atoms with Gasteiger partial charge in [0.2, 0.25) is 5.78 Å². The lowest BCUT2D eigenvalue weighted by atomic mass is 10.1. The Kier molecular flexibility index (Phi) is 5.47. The first-order valence-corrected chi connectivity index (χ1v) is 6.83. The van der Waals surface area contributed by atoms with Crippen molar-refractivity contribution in [3.05, 3.63) is 59.2 Å². The van der Waals surface area contributed by atoms with E-state index >= 15 is 0 Å². The number of hydrogen-bond donors (Lipinski definition) is 0. The molecular formula is C17H14F2O5. The summed E-state index contributed by atoms with van der Waals surface area (Å²) in [5, 5.41) is 0. The minimum absolute atomic E-state index is 0.162. The highest BCUT2D eigenvalue weighted by atomic mass is 19.1. The van der Waals surface area contributed by atoms with Gasteiger partial charge in [0.1, 0.15) is 23.1 Å². The number of ether oxygens (including phenoxy) is 3. The fourth-order valence-corrected chi connectivity index (χ4v) is 2.00. The lowest BCUT2D eigenvalue weighted by molar-refractivity contribution is 0.0473. The average molecular weight is 336 g/mol. The normalized spacial score (nSPS) is 10.2. The van der Waals surface area contributed by atoms with Crippen molar-refractivity contribution >= 4 is 11.8 Å². The van der Waals surface area contributed by atoms with Crippen molar-refractivity contribution in [2.45, 2.75) is 0 Å². The number of halogens is 2. The predicted octanol–water partition coefficient (Wildman–Crippen LogP) is 3.02. The van der Waals surface area contributed by atoms with Crippen molar-refractivity contribution < 1.29 is 32.6 Å². The molecule has 0 aromatic heterocycles. The molecule has 0 aliphatic carbocycles. The zero-order chi connectivity index (χ0) is 17.7. The zero-order valence-electron chi connectivity index (χ0n) is 13.0. The molecule has 0 spiro atoms. The van der Waals surface area contributed by atoms with Crippen molar-refractivity contribution in [2.75, 3.05) is 20.8 Å². The molecule has 126 valence electrons. The molecule has 7 heteroatoms. The van der Waals surface area contributed by atoms with E-state index in [0.29, 0.717) is 11.8 Å². The Balaban J connectivity index is 2.11. The van der Waals surface area contributed by atoms with Gasteiger partial charge >= 0.3 is 5.97 Å². The van der Waals surface area contributed by atoms with E-state index < -0.39 is 30.0 Å². The SMILES string of the molecule is COc1ccc(OC)c(C(=O)COC(=O)c2cc(F)cc(F)c2)c1. The Labute approximate surface area is 136 Å². The van der Waals surface area contributed by atoms with Gasteiger partial charge in [0.25, 0.3) is 0 Å². The van der Waals surface area contributed by atoms with E-state index in [1.165, 1.54) is 26.4 Å². The van der Waals surface area contributed by atoms with Gasteiger partial charge in [0.05, 0.1) is 25.3 Å². The smallest absolute Gasteiger partial charge is 0.338 e. The topological polar surface area (TPSA) is 61.8 Å².